The second kappa shape index (κ2) is 18.8. The molecule has 0 aliphatic carbocycles. The Kier molecular flexibility index (Phi) is 13.5. The van der Waals surface area contributed by atoms with Gasteiger partial charge in [0.2, 0.25) is 0 Å². The molecule has 1 unspecified atom stereocenters. The maximum absolute atomic E-state index is 11.7. The Morgan fingerprint density at radius 3 is 2.49 bits per heavy atom. The fourth-order valence-electron chi connectivity index (χ4n) is 5.26. The SMILES string of the molecule is CCOC(=O)c1ncn(-c2cccc(C#Cc3cccc(C)n3)c2)n1.Cc1ccc(OCCCN2CCCC(O)C2)c(C#Cc2ccccc2)n1. The van der Waals surface area contributed by atoms with Crippen molar-refractivity contribution < 1.29 is 19.4 Å². The fraction of sp³-hybridized carbons (Fsp3) is 0.293. The van der Waals surface area contributed by atoms with Gasteiger partial charge in [0.15, 0.2) is 11.4 Å². The smallest absolute Gasteiger partial charge is 0.378 e. The molecule has 0 amide bonds. The van der Waals surface area contributed by atoms with Crippen molar-refractivity contribution in [3.05, 3.63) is 131 Å². The van der Waals surface area contributed by atoms with E-state index in [-0.39, 0.29) is 18.5 Å². The lowest BCUT2D eigenvalue weighted by Gasteiger charge is -2.29. The summed E-state index contributed by atoms with van der Waals surface area (Å²) in [6, 6.07) is 27.0. The normalized spacial score (nSPS) is 13.8. The van der Waals surface area contributed by atoms with Gasteiger partial charge in [-0.15, -0.1) is 5.10 Å². The van der Waals surface area contributed by atoms with Gasteiger partial charge in [0.05, 0.1) is 25.0 Å². The Morgan fingerprint density at radius 1 is 0.902 bits per heavy atom. The maximum atomic E-state index is 11.7. The van der Waals surface area contributed by atoms with E-state index in [9.17, 15) is 9.90 Å². The summed E-state index contributed by atoms with van der Waals surface area (Å²) in [6.45, 7) is 9.32. The number of likely N-dealkylation sites (tertiary alicyclic amines) is 1. The molecule has 1 saturated heterocycles. The van der Waals surface area contributed by atoms with Crippen molar-refractivity contribution in [1.82, 2.24) is 29.6 Å². The lowest BCUT2D eigenvalue weighted by atomic mass is 10.1. The quantitative estimate of drug-likeness (QED) is 0.128. The second-order valence-electron chi connectivity index (χ2n) is 11.9. The summed E-state index contributed by atoms with van der Waals surface area (Å²) in [4.78, 5) is 26.8. The monoisotopic (exact) mass is 682 g/mol. The topological polar surface area (TPSA) is 115 Å². The highest BCUT2D eigenvalue weighted by atomic mass is 16.5. The summed E-state index contributed by atoms with van der Waals surface area (Å²) in [6.07, 6.45) is 4.22. The number of hydrogen-bond donors (Lipinski definition) is 1. The zero-order chi connectivity index (χ0) is 35.8. The molecule has 2 aromatic carbocycles. The number of aliphatic hydroxyl groups is 1. The lowest BCUT2D eigenvalue weighted by molar-refractivity contribution is 0.0512. The first kappa shape index (κ1) is 36.5. The molecule has 1 atom stereocenters. The average Bonchev–Trinajstić information content (AvgIpc) is 3.64. The molecule has 1 fully saturated rings. The van der Waals surface area contributed by atoms with Crippen molar-refractivity contribution in [2.45, 2.75) is 46.1 Å². The van der Waals surface area contributed by atoms with E-state index < -0.39 is 5.97 Å². The summed E-state index contributed by atoms with van der Waals surface area (Å²) in [5.41, 5.74) is 5.79. The third kappa shape index (κ3) is 11.6. The molecule has 0 radical (unpaired) electrons. The Bertz CT molecular complexity index is 2020. The van der Waals surface area contributed by atoms with Crippen LogP contribution in [-0.2, 0) is 4.74 Å². The molecular weight excluding hydrogens is 640 g/mol. The van der Waals surface area contributed by atoms with E-state index in [4.69, 9.17) is 9.47 Å². The average molecular weight is 683 g/mol. The second-order valence-corrected chi connectivity index (χ2v) is 11.9. The summed E-state index contributed by atoms with van der Waals surface area (Å²) in [5.74, 6) is 12.6. The predicted molar refractivity (Wildman–Crippen MR) is 195 cm³/mol. The van der Waals surface area contributed by atoms with E-state index in [1.165, 1.54) is 11.0 Å². The molecule has 0 saturated carbocycles. The van der Waals surface area contributed by atoms with Gasteiger partial charge in [-0.1, -0.05) is 42.2 Å². The minimum Gasteiger partial charge on any atom is -0.491 e. The van der Waals surface area contributed by atoms with Crippen molar-refractivity contribution in [2.24, 2.45) is 0 Å². The van der Waals surface area contributed by atoms with Gasteiger partial charge in [0, 0.05) is 35.6 Å². The van der Waals surface area contributed by atoms with Gasteiger partial charge in [0.25, 0.3) is 5.82 Å². The Morgan fingerprint density at radius 2 is 1.69 bits per heavy atom. The minimum atomic E-state index is -0.539. The Hall–Kier alpha value is -5.81. The molecule has 5 aromatic rings. The number of pyridine rings is 2. The van der Waals surface area contributed by atoms with Gasteiger partial charge in [-0.05, 0) is 113 Å². The van der Waals surface area contributed by atoms with Crippen LogP contribution in [0.1, 0.15) is 70.7 Å². The Balaban J connectivity index is 0.000000198. The van der Waals surface area contributed by atoms with Crippen LogP contribution in [0.2, 0.25) is 0 Å². The highest BCUT2D eigenvalue weighted by molar-refractivity contribution is 5.84. The van der Waals surface area contributed by atoms with Crippen LogP contribution in [0, 0.1) is 37.5 Å². The van der Waals surface area contributed by atoms with E-state index in [1.807, 2.05) is 98.8 Å². The number of rotatable bonds is 8. The van der Waals surface area contributed by atoms with Crippen LogP contribution in [0.3, 0.4) is 0 Å². The van der Waals surface area contributed by atoms with Crippen LogP contribution in [0.15, 0.2) is 91.3 Å². The number of aryl methyl sites for hydroxylation is 2. The number of ether oxygens (including phenoxy) is 2. The van der Waals surface area contributed by atoms with E-state index in [0.29, 0.717) is 12.3 Å². The third-order valence-corrected chi connectivity index (χ3v) is 7.74. The Labute approximate surface area is 299 Å². The zero-order valence-corrected chi connectivity index (χ0v) is 29.2. The molecule has 10 nitrogen and oxygen atoms in total. The first-order valence-electron chi connectivity index (χ1n) is 17.1. The minimum absolute atomic E-state index is 0.0299. The largest absolute Gasteiger partial charge is 0.491 e. The number of esters is 1. The summed E-state index contributed by atoms with van der Waals surface area (Å²) >= 11 is 0. The highest BCUT2D eigenvalue weighted by Crippen LogP contribution is 2.17. The van der Waals surface area contributed by atoms with Gasteiger partial charge in [-0.25, -0.2) is 24.4 Å². The van der Waals surface area contributed by atoms with Crippen LogP contribution >= 0.6 is 0 Å². The number of piperidine rings is 1. The van der Waals surface area contributed by atoms with Gasteiger partial charge < -0.3 is 19.5 Å². The van der Waals surface area contributed by atoms with Crippen molar-refractivity contribution in [3.63, 3.8) is 0 Å². The molecule has 0 bridgehead atoms. The van der Waals surface area contributed by atoms with Gasteiger partial charge in [-0.2, -0.15) is 0 Å². The third-order valence-electron chi connectivity index (χ3n) is 7.74. The van der Waals surface area contributed by atoms with Crippen LogP contribution in [0.4, 0.5) is 0 Å². The van der Waals surface area contributed by atoms with E-state index in [1.54, 1.807) is 6.92 Å². The molecule has 0 spiro atoms. The zero-order valence-electron chi connectivity index (χ0n) is 29.2. The number of aliphatic hydroxyl groups excluding tert-OH is 1. The predicted octanol–water partition coefficient (Wildman–Crippen LogP) is 5.56. The first-order valence-corrected chi connectivity index (χ1v) is 17.1. The molecule has 1 aliphatic heterocycles. The van der Waals surface area contributed by atoms with Gasteiger partial charge >= 0.3 is 5.97 Å². The fourth-order valence-corrected chi connectivity index (χ4v) is 5.26. The van der Waals surface area contributed by atoms with Crippen LogP contribution < -0.4 is 4.74 Å². The molecule has 6 rings (SSSR count). The molecule has 260 valence electrons. The number of hydrogen-bond acceptors (Lipinski definition) is 9. The lowest BCUT2D eigenvalue weighted by Crippen LogP contribution is -2.39. The van der Waals surface area contributed by atoms with E-state index >= 15 is 0 Å². The summed E-state index contributed by atoms with van der Waals surface area (Å²) in [7, 11) is 0. The van der Waals surface area contributed by atoms with Crippen LogP contribution in [0.25, 0.3) is 5.69 Å². The van der Waals surface area contributed by atoms with Crippen molar-refractivity contribution in [2.75, 3.05) is 32.8 Å². The van der Waals surface area contributed by atoms with Gasteiger partial charge in [-0.3, -0.25) is 0 Å². The number of aromatic nitrogens is 5. The molecule has 10 heteroatoms. The molecule has 1 aliphatic rings. The van der Waals surface area contributed by atoms with Crippen molar-refractivity contribution >= 4 is 5.97 Å². The molecular formula is C41H42N6O4. The number of carbonyl (C=O) groups is 1. The van der Waals surface area contributed by atoms with E-state index in [0.717, 1.165) is 78.5 Å². The number of benzene rings is 2. The van der Waals surface area contributed by atoms with Crippen molar-refractivity contribution in [1.29, 1.82) is 0 Å². The summed E-state index contributed by atoms with van der Waals surface area (Å²) < 4.78 is 12.4. The molecule has 3 aromatic heterocycles. The first-order chi connectivity index (χ1) is 24.9. The van der Waals surface area contributed by atoms with Crippen LogP contribution in [-0.4, -0.2) is 79.7 Å². The van der Waals surface area contributed by atoms with Gasteiger partial charge in [0.1, 0.15) is 12.0 Å². The number of nitrogens with zero attached hydrogens (tertiary/aromatic N) is 6. The maximum Gasteiger partial charge on any atom is 0.378 e. The molecule has 51 heavy (non-hydrogen) atoms. The molecule has 4 heterocycles. The number of carbonyl (C=O) groups excluding carboxylic acids is 1. The van der Waals surface area contributed by atoms with Crippen molar-refractivity contribution in [3.8, 4) is 35.1 Å². The highest BCUT2D eigenvalue weighted by Gasteiger charge is 2.17. The van der Waals surface area contributed by atoms with Crippen LogP contribution in [0.5, 0.6) is 5.75 Å². The standard InChI is InChI=1S/C22H26N2O2.C19H16N4O2/c1-18-10-13-22(21(23-18)12-11-19-7-3-2-4-8-19)26-16-6-15-24-14-5-9-20(25)17-24;1-3-25-19(24)18-20-13-23(22-18)17-9-5-7-15(12-17)10-11-16-8-4-6-14(2)21-16/h2-4,7-8,10,13,20,25H,5-6,9,14-17H2,1H3;4-9,12-13H,3H2,1-2H3. The molecule has 1 N–H and O–H groups in total. The summed E-state index contributed by atoms with van der Waals surface area (Å²) in [5, 5.41) is 13.9. The number of β-amino-alcohol motifs (C(OH)–C–C–N with tert-alkyl or cyclic N) is 1. The van der Waals surface area contributed by atoms with E-state index in [2.05, 4.69) is 48.6 Å².